The van der Waals surface area contributed by atoms with Crippen LogP contribution in [0.3, 0.4) is 0 Å². The molecule has 1 aliphatic carbocycles. The maximum Gasteiger partial charge on any atom is 0.573 e. The van der Waals surface area contributed by atoms with E-state index in [4.69, 9.17) is 9.97 Å². The molecular weight excluding hydrogens is 599 g/mol. The molecule has 1 heterocycles. The Morgan fingerprint density at radius 3 is 2.24 bits per heavy atom. The maximum atomic E-state index is 13.5. The maximum absolute atomic E-state index is 13.5. The standard InChI is InChI=1S/C33H36F3N7O3/c1-19-17-20(2)28(41-32(45)39-23-13-15-24(16-14-23)46-33(34,35)36)26(18-19)30(44)37-21-9-11-22(12-10-21)38-31-40-27-8-6-5-7-25(27)29(42-31)43(3)4/h5-8,13-18,21-22H,9-12H2,1-4H3,(H,37,44)(H,38,40,42)(H2,39,41,45)/t21-,22+. The second-order valence-corrected chi connectivity index (χ2v) is 11.6. The van der Waals surface area contributed by atoms with Crippen LogP contribution < -0.4 is 30.9 Å². The number of halogens is 3. The first-order valence-electron chi connectivity index (χ1n) is 14.9. The molecule has 3 aromatic carbocycles. The summed E-state index contributed by atoms with van der Waals surface area (Å²) >= 11 is 0. The van der Waals surface area contributed by atoms with Crippen LogP contribution in [-0.4, -0.2) is 54.4 Å². The van der Waals surface area contributed by atoms with E-state index in [-0.39, 0.29) is 23.7 Å². The molecule has 3 amide bonds. The number of para-hydroxylation sites is 1. The Morgan fingerprint density at radius 2 is 1.57 bits per heavy atom. The first-order valence-corrected chi connectivity index (χ1v) is 14.9. The number of rotatable bonds is 8. The number of fused-ring (bicyclic) bond motifs is 1. The van der Waals surface area contributed by atoms with Gasteiger partial charge in [0.1, 0.15) is 11.6 Å². The third-order valence-electron chi connectivity index (χ3n) is 7.71. The largest absolute Gasteiger partial charge is 0.573 e. The van der Waals surface area contributed by atoms with Gasteiger partial charge in [-0.15, -0.1) is 13.2 Å². The summed E-state index contributed by atoms with van der Waals surface area (Å²) in [5, 5.41) is 12.9. The second-order valence-electron chi connectivity index (χ2n) is 11.6. The number of amides is 3. The number of anilines is 4. The van der Waals surface area contributed by atoms with Crippen LogP contribution in [0.4, 0.5) is 41.1 Å². The number of hydrogen-bond acceptors (Lipinski definition) is 7. The summed E-state index contributed by atoms with van der Waals surface area (Å²) in [6.07, 6.45) is -1.69. The summed E-state index contributed by atoms with van der Waals surface area (Å²) in [5.41, 5.74) is 3.33. The highest BCUT2D eigenvalue weighted by molar-refractivity contribution is 6.07. The van der Waals surface area contributed by atoms with Gasteiger partial charge in [-0.3, -0.25) is 4.79 Å². The zero-order chi connectivity index (χ0) is 33.0. The Balaban J connectivity index is 1.19. The van der Waals surface area contributed by atoms with Crippen molar-refractivity contribution in [3.05, 3.63) is 77.4 Å². The molecule has 1 aliphatic rings. The molecule has 1 saturated carbocycles. The van der Waals surface area contributed by atoms with E-state index < -0.39 is 18.1 Å². The van der Waals surface area contributed by atoms with E-state index in [0.717, 1.165) is 60.1 Å². The van der Waals surface area contributed by atoms with Gasteiger partial charge >= 0.3 is 12.4 Å². The summed E-state index contributed by atoms with van der Waals surface area (Å²) in [6.45, 7) is 3.65. The van der Waals surface area contributed by atoms with Crippen LogP contribution in [-0.2, 0) is 0 Å². The van der Waals surface area contributed by atoms with E-state index >= 15 is 0 Å². The first-order chi connectivity index (χ1) is 21.8. The first kappa shape index (κ1) is 32.3. The minimum absolute atomic E-state index is 0.0552. The number of aryl methyl sites for hydroxylation is 2. The molecule has 0 spiro atoms. The van der Waals surface area contributed by atoms with E-state index in [1.807, 2.05) is 56.3 Å². The molecule has 0 bridgehead atoms. The van der Waals surface area contributed by atoms with Gasteiger partial charge in [0.05, 0.1) is 16.8 Å². The van der Waals surface area contributed by atoms with Crippen LogP contribution in [0.1, 0.15) is 47.2 Å². The lowest BCUT2D eigenvalue weighted by Crippen LogP contribution is -2.40. The van der Waals surface area contributed by atoms with Crippen molar-refractivity contribution in [2.24, 2.45) is 0 Å². The molecule has 0 saturated heterocycles. The van der Waals surface area contributed by atoms with E-state index in [2.05, 4.69) is 26.0 Å². The van der Waals surface area contributed by atoms with Crippen LogP contribution in [0, 0.1) is 13.8 Å². The number of urea groups is 1. The molecule has 0 aliphatic heterocycles. The number of carbonyl (C=O) groups is 2. The molecule has 46 heavy (non-hydrogen) atoms. The fourth-order valence-corrected chi connectivity index (χ4v) is 5.62. The third kappa shape index (κ3) is 8.14. The smallest absolute Gasteiger partial charge is 0.406 e. The lowest BCUT2D eigenvalue weighted by molar-refractivity contribution is -0.274. The fourth-order valence-electron chi connectivity index (χ4n) is 5.62. The van der Waals surface area contributed by atoms with Gasteiger partial charge in [-0.1, -0.05) is 18.2 Å². The minimum Gasteiger partial charge on any atom is -0.406 e. The van der Waals surface area contributed by atoms with Gasteiger partial charge in [0, 0.05) is 37.3 Å². The molecule has 13 heteroatoms. The topological polar surface area (TPSA) is 121 Å². The lowest BCUT2D eigenvalue weighted by Gasteiger charge is -2.30. The number of alkyl halides is 3. The van der Waals surface area contributed by atoms with Crippen LogP contribution >= 0.6 is 0 Å². The van der Waals surface area contributed by atoms with E-state index in [0.29, 0.717) is 22.8 Å². The molecule has 0 unspecified atom stereocenters. The van der Waals surface area contributed by atoms with E-state index in [1.54, 1.807) is 13.0 Å². The van der Waals surface area contributed by atoms with Crippen LogP contribution in [0.5, 0.6) is 5.75 Å². The van der Waals surface area contributed by atoms with Gasteiger partial charge in [0.15, 0.2) is 0 Å². The number of carbonyl (C=O) groups excluding carboxylic acids is 2. The quantitative estimate of drug-likeness (QED) is 0.164. The highest BCUT2D eigenvalue weighted by Crippen LogP contribution is 2.29. The van der Waals surface area contributed by atoms with Gasteiger partial charge in [-0.2, -0.15) is 4.98 Å². The van der Waals surface area contributed by atoms with E-state index in [1.165, 1.54) is 12.1 Å². The normalized spacial score (nSPS) is 16.4. The Labute approximate surface area is 264 Å². The number of ether oxygens (including phenoxy) is 1. The van der Waals surface area contributed by atoms with Crippen molar-refractivity contribution >= 4 is 46.0 Å². The van der Waals surface area contributed by atoms with Gasteiger partial charge in [0.25, 0.3) is 5.91 Å². The number of nitrogens with one attached hydrogen (secondary N) is 4. The Hall–Kier alpha value is -5.07. The van der Waals surface area contributed by atoms with Crippen molar-refractivity contribution in [2.45, 2.75) is 58.0 Å². The van der Waals surface area contributed by atoms with Gasteiger partial charge in [-0.25, -0.2) is 9.78 Å². The highest BCUT2D eigenvalue weighted by Gasteiger charge is 2.31. The summed E-state index contributed by atoms with van der Waals surface area (Å²) in [4.78, 5) is 37.7. The Kier molecular flexibility index (Phi) is 9.49. The lowest BCUT2D eigenvalue weighted by atomic mass is 9.91. The summed E-state index contributed by atoms with van der Waals surface area (Å²) < 4.78 is 41.2. The molecule has 5 rings (SSSR count). The highest BCUT2D eigenvalue weighted by atomic mass is 19.4. The molecular formula is C33H36F3N7O3. The van der Waals surface area contributed by atoms with E-state index in [9.17, 15) is 22.8 Å². The van der Waals surface area contributed by atoms with Crippen LogP contribution in [0.25, 0.3) is 10.9 Å². The van der Waals surface area contributed by atoms with Gasteiger partial charge in [0.2, 0.25) is 5.95 Å². The van der Waals surface area contributed by atoms with Crippen LogP contribution in [0.2, 0.25) is 0 Å². The van der Waals surface area contributed by atoms with Crippen molar-refractivity contribution in [3.8, 4) is 5.75 Å². The van der Waals surface area contributed by atoms with Crippen molar-refractivity contribution in [3.63, 3.8) is 0 Å². The third-order valence-corrected chi connectivity index (χ3v) is 7.71. The predicted molar refractivity (Wildman–Crippen MR) is 173 cm³/mol. The number of nitrogens with zero attached hydrogens (tertiary/aromatic N) is 3. The number of aromatic nitrogens is 2. The average molecular weight is 636 g/mol. The molecule has 4 aromatic rings. The van der Waals surface area contributed by atoms with Gasteiger partial charge < -0.3 is 30.9 Å². The van der Waals surface area contributed by atoms with Crippen molar-refractivity contribution in [1.82, 2.24) is 15.3 Å². The second kappa shape index (κ2) is 13.5. The van der Waals surface area contributed by atoms with Crippen molar-refractivity contribution in [2.75, 3.05) is 34.9 Å². The zero-order valence-electron chi connectivity index (χ0n) is 26.0. The molecule has 1 fully saturated rings. The average Bonchev–Trinajstić information content (AvgIpc) is 2.99. The summed E-state index contributed by atoms with van der Waals surface area (Å²) in [7, 11) is 3.91. The van der Waals surface area contributed by atoms with Crippen molar-refractivity contribution in [1.29, 1.82) is 0 Å². The molecule has 0 atom stereocenters. The minimum atomic E-state index is -4.81. The molecule has 10 nitrogen and oxygen atoms in total. The predicted octanol–water partition coefficient (Wildman–Crippen LogP) is 7.01. The fraction of sp³-hybridized carbons (Fsp3) is 0.333. The van der Waals surface area contributed by atoms with Crippen molar-refractivity contribution < 1.29 is 27.5 Å². The SMILES string of the molecule is Cc1cc(C)c(NC(=O)Nc2ccc(OC(F)(F)F)cc2)c(C(=O)N[C@H]2CC[C@@H](Nc3nc(N(C)C)c4ccccc4n3)CC2)c1. The summed E-state index contributed by atoms with van der Waals surface area (Å²) in [6, 6.07) is 15.7. The number of hydrogen-bond donors (Lipinski definition) is 4. The monoisotopic (exact) mass is 635 g/mol. The summed E-state index contributed by atoms with van der Waals surface area (Å²) in [5.74, 6) is 0.705. The van der Waals surface area contributed by atoms with Gasteiger partial charge in [-0.05, 0) is 93.1 Å². The number of benzene rings is 3. The zero-order valence-corrected chi connectivity index (χ0v) is 26.0. The molecule has 1 aromatic heterocycles. The van der Waals surface area contributed by atoms with Crippen LogP contribution in [0.15, 0.2) is 60.7 Å². The molecule has 242 valence electrons. The molecule has 0 radical (unpaired) electrons. The Bertz CT molecular complexity index is 1720. The Morgan fingerprint density at radius 1 is 0.891 bits per heavy atom. The molecule has 4 N–H and O–H groups in total.